The van der Waals surface area contributed by atoms with E-state index >= 15 is 0 Å². The van der Waals surface area contributed by atoms with Gasteiger partial charge in [0.05, 0.1) is 12.1 Å². The van der Waals surface area contributed by atoms with E-state index in [0.717, 1.165) is 31.6 Å². The van der Waals surface area contributed by atoms with E-state index in [1.807, 2.05) is 0 Å². The lowest BCUT2D eigenvalue weighted by molar-refractivity contribution is 0.105. The highest BCUT2D eigenvalue weighted by Crippen LogP contribution is 2.40. The Balaban J connectivity index is 1.39. The number of likely N-dealkylation sites (tertiary alicyclic amines) is 1. The fourth-order valence-electron chi connectivity index (χ4n) is 3.26. The van der Waals surface area contributed by atoms with Gasteiger partial charge in [-0.2, -0.15) is 4.98 Å². The molecule has 0 amide bonds. The van der Waals surface area contributed by atoms with Gasteiger partial charge in [0.1, 0.15) is 6.61 Å². The van der Waals surface area contributed by atoms with Crippen molar-refractivity contribution >= 4 is 0 Å². The van der Waals surface area contributed by atoms with Crippen LogP contribution in [0.1, 0.15) is 42.9 Å². The number of ether oxygens (including phenoxy) is 2. The van der Waals surface area contributed by atoms with E-state index in [0.29, 0.717) is 25.0 Å². The van der Waals surface area contributed by atoms with Gasteiger partial charge in [-0.15, -0.1) is 0 Å². The van der Waals surface area contributed by atoms with Crippen LogP contribution in [0.3, 0.4) is 0 Å². The van der Waals surface area contributed by atoms with Crippen LogP contribution in [0.4, 0.5) is 4.39 Å². The summed E-state index contributed by atoms with van der Waals surface area (Å²) in [4.78, 5) is 6.79. The van der Waals surface area contributed by atoms with E-state index in [9.17, 15) is 4.39 Å². The van der Waals surface area contributed by atoms with Crippen LogP contribution in [0.15, 0.2) is 28.8 Å². The molecule has 0 radical (unpaired) electrons. The minimum Gasteiger partial charge on any atom is -0.489 e. The molecule has 2 atom stereocenters. The van der Waals surface area contributed by atoms with Gasteiger partial charge < -0.3 is 14.0 Å². The van der Waals surface area contributed by atoms with Gasteiger partial charge in [0.2, 0.25) is 5.89 Å². The molecular formula is C18H22FN3O3. The van der Waals surface area contributed by atoms with Gasteiger partial charge in [-0.25, -0.2) is 4.39 Å². The summed E-state index contributed by atoms with van der Waals surface area (Å²) < 4.78 is 30.2. The van der Waals surface area contributed by atoms with Crippen LogP contribution >= 0.6 is 0 Å². The first kappa shape index (κ1) is 16.5. The lowest BCUT2D eigenvalue weighted by Gasteiger charge is -2.21. The number of benzene rings is 1. The Labute approximate surface area is 145 Å². The lowest BCUT2D eigenvalue weighted by Crippen LogP contribution is -2.30. The minimum absolute atomic E-state index is 0.0224. The maximum Gasteiger partial charge on any atom is 0.244 e. The summed E-state index contributed by atoms with van der Waals surface area (Å²) in [7, 11) is 1.71. The monoisotopic (exact) mass is 347 g/mol. The van der Waals surface area contributed by atoms with Gasteiger partial charge in [-0.3, -0.25) is 4.90 Å². The van der Waals surface area contributed by atoms with E-state index in [-0.39, 0.29) is 23.7 Å². The molecule has 2 heterocycles. The Morgan fingerprint density at radius 3 is 2.92 bits per heavy atom. The van der Waals surface area contributed by atoms with Crippen molar-refractivity contribution < 1.29 is 18.4 Å². The minimum atomic E-state index is -0.346. The predicted octanol–water partition coefficient (Wildman–Crippen LogP) is 2.93. The van der Waals surface area contributed by atoms with Gasteiger partial charge >= 0.3 is 0 Å². The third kappa shape index (κ3) is 3.67. The van der Waals surface area contributed by atoms with Crippen molar-refractivity contribution in [3.05, 3.63) is 41.8 Å². The molecular weight excluding hydrogens is 325 g/mol. The molecule has 134 valence electrons. The Kier molecular flexibility index (Phi) is 4.67. The van der Waals surface area contributed by atoms with Crippen LogP contribution < -0.4 is 4.74 Å². The summed E-state index contributed by atoms with van der Waals surface area (Å²) in [6.45, 7) is 1.79. The number of rotatable bonds is 7. The SMILES string of the molecule is CO[C@H]1C[C@H](c2nc(C3CC3)no2)N(CCOc2ccccc2F)C1. The largest absolute Gasteiger partial charge is 0.489 e. The molecule has 1 aromatic carbocycles. The normalized spacial score (nSPS) is 23.9. The Morgan fingerprint density at radius 2 is 2.16 bits per heavy atom. The first-order valence-electron chi connectivity index (χ1n) is 8.72. The summed E-state index contributed by atoms with van der Waals surface area (Å²) >= 11 is 0. The van der Waals surface area contributed by atoms with Crippen LogP contribution in [-0.2, 0) is 4.74 Å². The zero-order valence-corrected chi connectivity index (χ0v) is 14.2. The fourth-order valence-corrected chi connectivity index (χ4v) is 3.26. The number of hydrogen-bond donors (Lipinski definition) is 0. The number of hydrogen-bond acceptors (Lipinski definition) is 6. The molecule has 2 aliphatic rings. The molecule has 2 aromatic rings. The van der Waals surface area contributed by atoms with E-state index in [2.05, 4.69) is 15.0 Å². The zero-order chi connectivity index (χ0) is 17.2. The van der Waals surface area contributed by atoms with Crippen molar-refractivity contribution in [3.8, 4) is 5.75 Å². The van der Waals surface area contributed by atoms with Crippen molar-refractivity contribution in [2.75, 3.05) is 26.8 Å². The molecule has 0 bridgehead atoms. The van der Waals surface area contributed by atoms with Gasteiger partial charge in [0.25, 0.3) is 0 Å². The Hall–Kier alpha value is -1.99. The summed E-state index contributed by atoms with van der Waals surface area (Å²) in [5.41, 5.74) is 0. The molecule has 1 aliphatic heterocycles. The van der Waals surface area contributed by atoms with Crippen molar-refractivity contribution in [2.45, 2.75) is 37.3 Å². The van der Waals surface area contributed by atoms with Crippen LogP contribution in [0.25, 0.3) is 0 Å². The number of methoxy groups -OCH3 is 1. The maximum absolute atomic E-state index is 13.6. The second-order valence-electron chi connectivity index (χ2n) is 6.65. The highest BCUT2D eigenvalue weighted by atomic mass is 19.1. The molecule has 1 aliphatic carbocycles. The molecule has 25 heavy (non-hydrogen) atoms. The topological polar surface area (TPSA) is 60.6 Å². The van der Waals surface area contributed by atoms with Gasteiger partial charge in [-0.1, -0.05) is 17.3 Å². The standard InChI is InChI=1S/C18H22FN3O3/c1-23-13-10-15(18-20-17(21-25-18)12-6-7-12)22(11-13)8-9-24-16-5-3-2-4-14(16)19/h2-5,12-13,15H,6-11H2,1H3/t13-,15+/m0/s1. The summed E-state index contributed by atoms with van der Waals surface area (Å²) in [6, 6.07) is 6.46. The summed E-state index contributed by atoms with van der Waals surface area (Å²) in [6.07, 6.45) is 3.21. The lowest BCUT2D eigenvalue weighted by atomic mass is 10.2. The smallest absolute Gasteiger partial charge is 0.244 e. The molecule has 0 spiro atoms. The van der Waals surface area contributed by atoms with Crippen molar-refractivity contribution in [1.82, 2.24) is 15.0 Å². The van der Waals surface area contributed by atoms with Crippen LogP contribution in [0.5, 0.6) is 5.75 Å². The second kappa shape index (κ2) is 7.09. The first-order chi connectivity index (χ1) is 12.2. The van der Waals surface area contributed by atoms with Crippen molar-refractivity contribution in [3.63, 3.8) is 0 Å². The quantitative estimate of drug-likeness (QED) is 0.767. The van der Waals surface area contributed by atoms with Crippen molar-refractivity contribution in [1.29, 1.82) is 0 Å². The third-order valence-corrected chi connectivity index (χ3v) is 4.86. The number of nitrogens with zero attached hydrogens (tertiary/aromatic N) is 3. The van der Waals surface area contributed by atoms with E-state index in [1.165, 1.54) is 6.07 Å². The Morgan fingerprint density at radius 1 is 1.32 bits per heavy atom. The molecule has 7 heteroatoms. The zero-order valence-electron chi connectivity index (χ0n) is 14.2. The summed E-state index contributed by atoms with van der Waals surface area (Å²) in [5.74, 6) is 1.86. The van der Waals surface area contributed by atoms with Gasteiger partial charge in [0.15, 0.2) is 17.4 Å². The van der Waals surface area contributed by atoms with Crippen LogP contribution in [-0.4, -0.2) is 48.0 Å². The van der Waals surface area contributed by atoms with Crippen LogP contribution in [0.2, 0.25) is 0 Å². The first-order valence-corrected chi connectivity index (χ1v) is 8.72. The number of para-hydroxylation sites is 1. The molecule has 0 N–H and O–H groups in total. The average Bonchev–Trinajstić information content (AvgIpc) is 3.21. The molecule has 4 rings (SSSR count). The van der Waals surface area contributed by atoms with E-state index < -0.39 is 0 Å². The van der Waals surface area contributed by atoms with Crippen LogP contribution in [0, 0.1) is 5.82 Å². The molecule has 6 nitrogen and oxygen atoms in total. The maximum atomic E-state index is 13.6. The highest BCUT2D eigenvalue weighted by Gasteiger charge is 2.38. The molecule has 1 saturated heterocycles. The van der Waals surface area contributed by atoms with E-state index in [1.54, 1.807) is 25.3 Å². The molecule has 2 fully saturated rings. The molecule has 1 aromatic heterocycles. The third-order valence-electron chi connectivity index (χ3n) is 4.86. The second-order valence-corrected chi connectivity index (χ2v) is 6.65. The predicted molar refractivity (Wildman–Crippen MR) is 87.9 cm³/mol. The molecule has 1 saturated carbocycles. The highest BCUT2D eigenvalue weighted by molar-refractivity contribution is 5.23. The van der Waals surface area contributed by atoms with Gasteiger partial charge in [0, 0.05) is 26.1 Å². The fraction of sp³-hybridized carbons (Fsp3) is 0.556. The van der Waals surface area contributed by atoms with Gasteiger partial charge in [-0.05, 0) is 31.4 Å². The molecule has 0 unspecified atom stereocenters. The number of aromatic nitrogens is 2. The van der Waals surface area contributed by atoms with Crippen molar-refractivity contribution in [2.24, 2.45) is 0 Å². The number of halogens is 1. The summed E-state index contributed by atoms with van der Waals surface area (Å²) in [5, 5.41) is 4.11. The average molecular weight is 347 g/mol. The Bertz CT molecular complexity index is 719. The van der Waals surface area contributed by atoms with E-state index in [4.69, 9.17) is 14.0 Å².